The number of hydrogen-bond acceptors (Lipinski definition) is 6. The number of carbonyl (C=O) groups excluding carboxylic acids is 1. The van der Waals surface area contributed by atoms with Gasteiger partial charge in [0.15, 0.2) is 11.9 Å². The second kappa shape index (κ2) is 12.4. The summed E-state index contributed by atoms with van der Waals surface area (Å²) in [5.41, 5.74) is 2.04. The predicted octanol–water partition coefficient (Wildman–Crippen LogP) is 4.42. The summed E-state index contributed by atoms with van der Waals surface area (Å²) in [5, 5.41) is 9.06. The molecule has 0 spiro atoms. The Morgan fingerprint density at radius 1 is 0.735 bits per heavy atom. The Morgan fingerprint density at radius 2 is 1.21 bits per heavy atom. The summed E-state index contributed by atoms with van der Waals surface area (Å²) < 4.78 is 21.5. The zero-order valence-electron chi connectivity index (χ0n) is 19.2. The highest BCUT2D eigenvalue weighted by Gasteiger charge is 2.16. The molecule has 7 nitrogen and oxygen atoms in total. The number of carbonyl (C=O) groups is 2. The van der Waals surface area contributed by atoms with Gasteiger partial charge in [-0.15, -0.1) is 0 Å². The number of rotatable bonds is 13. The quantitative estimate of drug-likeness (QED) is 0.296. The summed E-state index contributed by atoms with van der Waals surface area (Å²) in [5.74, 6) is 1.05. The van der Waals surface area contributed by atoms with E-state index in [9.17, 15) is 9.59 Å². The van der Waals surface area contributed by atoms with Crippen LogP contribution in [0.1, 0.15) is 27.9 Å². The minimum absolute atomic E-state index is 0.0608. The van der Waals surface area contributed by atoms with Crippen molar-refractivity contribution >= 4 is 11.8 Å². The maximum absolute atomic E-state index is 12.6. The van der Waals surface area contributed by atoms with Crippen molar-refractivity contribution in [2.24, 2.45) is 0 Å². The first-order chi connectivity index (χ1) is 16.5. The Morgan fingerprint density at radius 3 is 1.65 bits per heavy atom. The third-order valence-corrected chi connectivity index (χ3v) is 5.20. The Labute approximate surface area is 198 Å². The van der Waals surface area contributed by atoms with Crippen molar-refractivity contribution in [3.63, 3.8) is 0 Å². The Hall–Kier alpha value is -3.84. The van der Waals surface area contributed by atoms with Gasteiger partial charge in [-0.2, -0.15) is 0 Å². The number of benzene rings is 3. The van der Waals surface area contributed by atoms with Crippen LogP contribution in [0.5, 0.6) is 17.2 Å². The highest BCUT2D eigenvalue weighted by Crippen LogP contribution is 2.18. The predicted molar refractivity (Wildman–Crippen MR) is 127 cm³/mol. The van der Waals surface area contributed by atoms with E-state index in [0.717, 1.165) is 5.56 Å². The normalized spacial score (nSPS) is 11.5. The maximum atomic E-state index is 12.6. The molecule has 3 aromatic carbocycles. The molecule has 3 aromatic rings. The lowest BCUT2D eigenvalue weighted by molar-refractivity contribution is -0.148. The van der Waals surface area contributed by atoms with E-state index < -0.39 is 12.1 Å². The summed E-state index contributed by atoms with van der Waals surface area (Å²) in [4.78, 5) is 23.6. The standard InChI is InChI=1S/C27H28O7/c1-31-22-12-6-20(7-13-22)26(28)21-8-14-24(15-9-21)34-17-3-16-33-23-10-4-19(5-11-23)18-25(32-2)27(29)30/h4-15,25H,3,16-18H2,1-2H3,(H,29,30)/t25-/m0/s1. The van der Waals surface area contributed by atoms with Gasteiger partial charge in [0, 0.05) is 31.1 Å². The van der Waals surface area contributed by atoms with Crippen LogP contribution in [-0.4, -0.2) is 50.4 Å². The van der Waals surface area contributed by atoms with Crippen LogP contribution in [0.2, 0.25) is 0 Å². The van der Waals surface area contributed by atoms with Crippen LogP contribution in [0.15, 0.2) is 72.8 Å². The summed E-state index contributed by atoms with van der Waals surface area (Å²) in [7, 11) is 2.97. The molecule has 0 radical (unpaired) electrons. The fourth-order valence-electron chi connectivity index (χ4n) is 3.26. The molecule has 0 amide bonds. The van der Waals surface area contributed by atoms with Crippen molar-refractivity contribution in [2.45, 2.75) is 18.9 Å². The van der Waals surface area contributed by atoms with Crippen LogP contribution in [0, 0.1) is 0 Å². The molecule has 3 rings (SSSR count). The van der Waals surface area contributed by atoms with E-state index in [1.54, 1.807) is 55.6 Å². The number of aliphatic carboxylic acids is 1. The lowest BCUT2D eigenvalue weighted by Crippen LogP contribution is -2.24. The largest absolute Gasteiger partial charge is 0.497 e. The van der Waals surface area contributed by atoms with Gasteiger partial charge in [-0.3, -0.25) is 4.79 Å². The third-order valence-electron chi connectivity index (χ3n) is 5.20. The molecule has 178 valence electrons. The summed E-state index contributed by atoms with van der Waals surface area (Å²) in [6.07, 6.45) is 0.113. The van der Waals surface area contributed by atoms with Crippen molar-refractivity contribution in [3.8, 4) is 17.2 Å². The van der Waals surface area contributed by atoms with Crippen molar-refractivity contribution in [1.82, 2.24) is 0 Å². The lowest BCUT2D eigenvalue weighted by atomic mass is 10.0. The van der Waals surface area contributed by atoms with Crippen LogP contribution in [0.4, 0.5) is 0 Å². The van der Waals surface area contributed by atoms with Crippen LogP contribution in [-0.2, 0) is 16.0 Å². The summed E-state index contributed by atoms with van der Waals surface area (Å²) >= 11 is 0. The zero-order chi connectivity index (χ0) is 24.3. The SMILES string of the molecule is COc1ccc(C(=O)c2ccc(OCCCOc3ccc(C[C@H](OC)C(=O)O)cc3)cc2)cc1. The van der Waals surface area contributed by atoms with Gasteiger partial charge >= 0.3 is 5.97 Å². The molecule has 0 unspecified atom stereocenters. The van der Waals surface area contributed by atoms with Gasteiger partial charge in [0.2, 0.25) is 0 Å². The molecule has 1 N–H and O–H groups in total. The van der Waals surface area contributed by atoms with Crippen molar-refractivity contribution in [1.29, 1.82) is 0 Å². The van der Waals surface area contributed by atoms with Crippen LogP contribution >= 0.6 is 0 Å². The molecule has 0 saturated carbocycles. The van der Waals surface area contributed by atoms with Crippen molar-refractivity contribution in [2.75, 3.05) is 27.4 Å². The second-order valence-corrected chi connectivity index (χ2v) is 7.54. The van der Waals surface area contributed by atoms with Crippen LogP contribution < -0.4 is 14.2 Å². The van der Waals surface area contributed by atoms with Crippen molar-refractivity contribution in [3.05, 3.63) is 89.5 Å². The number of methoxy groups -OCH3 is 2. The van der Waals surface area contributed by atoms with E-state index in [4.69, 9.17) is 24.1 Å². The molecule has 0 bridgehead atoms. The minimum Gasteiger partial charge on any atom is -0.497 e. The number of ether oxygens (including phenoxy) is 4. The summed E-state index contributed by atoms with van der Waals surface area (Å²) in [6, 6.07) is 21.3. The molecule has 0 aliphatic rings. The van der Waals surface area contributed by atoms with Crippen LogP contribution in [0.3, 0.4) is 0 Å². The fraction of sp³-hybridized carbons (Fsp3) is 0.259. The minimum atomic E-state index is -0.985. The van der Waals surface area contributed by atoms with E-state index in [1.807, 2.05) is 24.3 Å². The molecule has 1 atom stereocenters. The Bertz CT molecular complexity index is 1060. The monoisotopic (exact) mass is 464 g/mol. The molecule has 0 saturated heterocycles. The van der Waals surface area contributed by atoms with Gasteiger partial charge in [0.25, 0.3) is 0 Å². The molecular formula is C27H28O7. The number of carboxylic acid groups (broad SMARTS) is 1. The molecule has 0 fully saturated rings. The molecule has 0 aromatic heterocycles. The topological polar surface area (TPSA) is 91.3 Å². The highest BCUT2D eigenvalue weighted by molar-refractivity contribution is 6.09. The first-order valence-corrected chi connectivity index (χ1v) is 10.9. The lowest BCUT2D eigenvalue weighted by Gasteiger charge is -2.11. The summed E-state index contributed by atoms with van der Waals surface area (Å²) in [6.45, 7) is 0.946. The van der Waals surface area contributed by atoms with Crippen LogP contribution in [0.25, 0.3) is 0 Å². The highest BCUT2D eigenvalue weighted by atomic mass is 16.5. The Kier molecular flexibility index (Phi) is 9.05. The van der Waals surface area contributed by atoms with E-state index in [0.29, 0.717) is 54.4 Å². The smallest absolute Gasteiger partial charge is 0.333 e. The second-order valence-electron chi connectivity index (χ2n) is 7.54. The van der Waals surface area contributed by atoms with E-state index >= 15 is 0 Å². The average molecular weight is 465 g/mol. The van der Waals surface area contributed by atoms with Gasteiger partial charge in [0.05, 0.1) is 20.3 Å². The average Bonchev–Trinajstić information content (AvgIpc) is 2.87. The van der Waals surface area contributed by atoms with Gasteiger partial charge in [-0.25, -0.2) is 4.79 Å². The third kappa shape index (κ3) is 7.08. The molecule has 34 heavy (non-hydrogen) atoms. The van der Waals surface area contributed by atoms with Gasteiger partial charge in [-0.1, -0.05) is 12.1 Å². The number of hydrogen-bond donors (Lipinski definition) is 1. The molecule has 0 aliphatic heterocycles. The Balaban J connectivity index is 1.39. The number of carboxylic acids is 1. The van der Waals surface area contributed by atoms with E-state index in [2.05, 4.69) is 0 Å². The maximum Gasteiger partial charge on any atom is 0.333 e. The fourth-order valence-corrected chi connectivity index (χ4v) is 3.26. The zero-order valence-corrected chi connectivity index (χ0v) is 19.2. The van der Waals surface area contributed by atoms with Gasteiger partial charge < -0.3 is 24.1 Å². The molecular weight excluding hydrogens is 436 g/mol. The molecule has 7 heteroatoms. The molecule has 0 aliphatic carbocycles. The molecule has 0 heterocycles. The first-order valence-electron chi connectivity index (χ1n) is 10.9. The van der Waals surface area contributed by atoms with Gasteiger partial charge in [0.1, 0.15) is 17.2 Å². The first kappa shape index (κ1) is 24.8. The van der Waals surface area contributed by atoms with Crippen molar-refractivity contribution < 1.29 is 33.6 Å². The van der Waals surface area contributed by atoms with Gasteiger partial charge in [-0.05, 0) is 66.2 Å². The number of ketones is 1. The van der Waals surface area contributed by atoms with E-state index in [1.165, 1.54) is 7.11 Å². The van der Waals surface area contributed by atoms with E-state index in [-0.39, 0.29) is 5.78 Å².